The number of aromatic amines is 1. The van der Waals surface area contributed by atoms with Crippen molar-refractivity contribution in [2.24, 2.45) is 0 Å². The summed E-state index contributed by atoms with van der Waals surface area (Å²) in [6.45, 7) is 1.51. The van der Waals surface area contributed by atoms with Gasteiger partial charge in [-0.25, -0.2) is 0 Å². The molecule has 1 aliphatic heterocycles. The number of aromatic nitrogens is 2. The summed E-state index contributed by atoms with van der Waals surface area (Å²) < 4.78 is 11.2. The number of nitrogens with one attached hydrogen (secondary N) is 1. The highest BCUT2D eigenvalue weighted by atomic mass is 16.5. The molecule has 2 aromatic rings. The maximum Gasteiger partial charge on any atom is 0.119 e. The van der Waals surface area contributed by atoms with E-state index in [1.54, 1.807) is 0 Å². The van der Waals surface area contributed by atoms with Crippen LogP contribution >= 0.6 is 0 Å². The first kappa shape index (κ1) is 11.3. The summed E-state index contributed by atoms with van der Waals surface area (Å²) in [5.74, 6) is 0.887. The van der Waals surface area contributed by atoms with Crippen molar-refractivity contribution in [1.29, 1.82) is 0 Å². The van der Waals surface area contributed by atoms with Crippen molar-refractivity contribution in [1.82, 2.24) is 10.2 Å². The lowest BCUT2D eigenvalue weighted by Gasteiger charge is -2.11. The first-order chi connectivity index (χ1) is 8.92. The van der Waals surface area contributed by atoms with E-state index >= 15 is 0 Å². The van der Waals surface area contributed by atoms with Crippen LogP contribution < -0.4 is 4.74 Å². The molecule has 0 amide bonds. The van der Waals surface area contributed by atoms with E-state index in [-0.39, 0.29) is 6.10 Å². The van der Waals surface area contributed by atoms with Gasteiger partial charge in [0, 0.05) is 18.4 Å². The smallest absolute Gasteiger partial charge is 0.119 e. The number of ether oxygens (including phenoxy) is 2. The number of H-pyrrole nitrogens is 1. The molecular weight excluding hydrogens is 228 g/mol. The number of benzene rings is 1. The molecule has 1 unspecified atom stereocenters. The maximum atomic E-state index is 5.71. The predicted molar refractivity (Wildman–Crippen MR) is 68.5 cm³/mol. The minimum Gasteiger partial charge on any atom is -0.491 e. The van der Waals surface area contributed by atoms with Crippen molar-refractivity contribution < 1.29 is 9.47 Å². The molecule has 4 nitrogen and oxygen atoms in total. The number of rotatable bonds is 4. The zero-order valence-corrected chi connectivity index (χ0v) is 10.1. The van der Waals surface area contributed by atoms with E-state index in [0.29, 0.717) is 6.61 Å². The summed E-state index contributed by atoms with van der Waals surface area (Å²) in [6.07, 6.45) is 6.20. The third kappa shape index (κ3) is 2.54. The Morgan fingerprint density at radius 1 is 1.28 bits per heavy atom. The van der Waals surface area contributed by atoms with Crippen LogP contribution in [0.1, 0.15) is 12.8 Å². The summed E-state index contributed by atoms with van der Waals surface area (Å²) in [5.41, 5.74) is 2.22. The molecule has 0 radical (unpaired) electrons. The quantitative estimate of drug-likeness (QED) is 0.899. The SMILES string of the molecule is c1cc(-c2cn[nH]c2)ccc1OCC1CCCO1. The van der Waals surface area contributed by atoms with Gasteiger partial charge in [-0.1, -0.05) is 12.1 Å². The number of hydrogen-bond donors (Lipinski definition) is 1. The second kappa shape index (κ2) is 5.23. The highest BCUT2D eigenvalue weighted by Crippen LogP contribution is 2.22. The van der Waals surface area contributed by atoms with Crippen molar-refractivity contribution >= 4 is 0 Å². The van der Waals surface area contributed by atoms with Crippen LogP contribution in [0.3, 0.4) is 0 Å². The van der Waals surface area contributed by atoms with Gasteiger partial charge in [-0.05, 0) is 30.5 Å². The van der Waals surface area contributed by atoms with E-state index in [1.807, 2.05) is 36.7 Å². The molecule has 1 aromatic carbocycles. The molecule has 1 N–H and O–H groups in total. The van der Waals surface area contributed by atoms with Crippen molar-refractivity contribution in [2.45, 2.75) is 18.9 Å². The second-order valence-electron chi connectivity index (χ2n) is 4.46. The summed E-state index contributed by atoms with van der Waals surface area (Å²) in [5, 5.41) is 6.74. The first-order valence-corrected chi connectivity index (χ1v) is 6.25. The molecule has 0 bridgehead atoms. The largest absolute Gasteiger partial charge is 0.491 e. The summed E-state index contributed by atoms with van der Waals surface area (Å²) in [7, 11) is 0. The summed E-state index contributed by atoms with van der Waals surface area (Å²) in [4.78, 5) is 0. The van der Waals surface area contributed by atoms with Gasteiger partial charge in [0.15, 0.2) is 0 Å². The Bertz CT molecular complexity index is 473. The highest BCUT2D eigenvalue weighted by molar-refractivity contribution is 5.62. The van der Waals surface area contributed by atoms with Crippen LogP contribution in [0.2, 0.25) is 0 Å². The number of hydrogen-bond acceptors (Lipinski definition) is 3. The molecule has 1 aliphatic rings. The van der Waals surface area contributed by atoms with Gasteiger partial charge in [0.2, 0.25) is 0 Å². The van der Waals surface area contributed by atoms with Gasteiger partial charge in [-0.3, -0.25) is 5.10 Å². The Hall–Kier alpha value is -1.81. The van der Waals surface area contributed by atoms with Gasteiger partial charge in [-0.2, -0.15) is 5.10 Å². The van der Waals surface area contributed by atoms with Gasteiger partial charge in [0.1, 0.15) is 12.4 Å². The minimum absolute atomic E-state index is 0.263. The van der Waals surface area contributed by atoms with E-state index in [0.717, 1.165) is 36.3 Å². The lowest BCUT2D eigenvalue weighted by atomic mass is 10.1. The monoisotopic (exact) mass is 244 g/mol. The van der Waals surface area contributed by atoms with Crippen LogP contribution in [0.25, 0.3) is 11.1 Å². The van der Waals surface area contributed by atoms with Crippen molar-refractivity contribution in [3.05, 3.63) is 36.7 Å². The molecular formula is C14H16N2O2. The van der Waals surface area contributed by atoms with E-state index in [9.17, 15) is 0 Å². The fourth-order valence-electron chi connectivity index (χ4n) is 2.12. The van der Waals surface area contributed by atoms with Gasteiger partial charge in [0.25, 0.3) is 0 Å². The van der Waals surface area contributed by atoms with Gasteiger partial charge < -0.3 is 9.47 Å². The van der Waals surface area contributed by atoms with Crippen LogP contribution in [-0.4, -0.2) is 29.5 Å². The Labute approximate surface area is 106 Å². The first-order valence-electron chi connectivity index (χ1n) is 6.25. The molecule has 0 saturated carbocycles. The second-order valence-corrected chi connectivity index (χ2v) is 4.46. The van der Waals surface area contributed by atoms with Crippen LogP contribution in [0, 0.1) is 0 Å². The van der Waals surface area contributed by atoms with Crippen molar-refractivity contribution in [2.75, 3.05) is 13.2 Å². The van der Waals surface area contributed by atoms with Crippen LogP contribution in [-0.2, 0) is 4.74 Å². The molecule has 3 rings (SSSR count). The Morgan fingerprint density at radius 3 is 2.83 bits per heavy atom. The zero-order chi connectivity index (χ0) is 12.2. The summed E-state index contributed by atoms with van der Waals surface area (Å²) in [6, 6.07) is 8.04. The summed E-state index contributed by atoms with van der Waals surface area (Å²) >= 11 is 0. The molecule has 1 atom stereocenters. The highest BCUT2D eigenvalue weighted by Gasteiger charge is 2.15. The molecule has 18 heavy (non-hydrogen) atoms. The molecule has 0 spiro atoms. The molecule has 94 valence electrons. The predicted octanol–water partition coefficient (Wildman–Crippen LogP) is 2.63. The average molecular weight is 244 g/mol. The van der Waals surface area contributed by atoms with E-state index in [4.69, 9.17) is 9.47 Å². The minimum atomic E-state index is 0.263. The molecule has 1 saturated heterocycles. The van der Waals surface area contributed by atoms with Gasteiger partial charge >= 0.3 is 0 Å². The molecule has 4 heteroatoms. The van der Waals surface area contributed by atoms with Gasteiger partial charge in [0.05, 0.1) is 12.3 Å². The van der Waals surface area contributed by atoms with Crippen LogP contribution in [0.5, 0.6) is 5.75 Å². The fourth-order valence-corrected chi connectivity index (χ4v) is 2.12. The zero-order valence-electron chi connectivity index (χ0n) is 10.1. The maximum absolute atomic E-state index is 5.71. The Balaban J connectivity index is 1.60. The average Bonchev–Trinajstić information content (AvgIpc) is 3.10. The van der Waals surface area contributed by atoms with Crippen LogP contribution in [0.15, 0.2) is 36.7 Å². The molecule has 0 aliphatic carbocycles. The van der Waals surface area contributed by atoms with Crippen molar-refractivity contribution in [3.63, 3.8) is 0 Å². The Morgan fingerprint density at radius 2 is 2.17 bits per heavy atom. The Kier molecular flexibility index (Phi) is 3.28. The topological polar surface area (TPSA) is 47.1 Å². The van der Waals surface area contributed by atoms with Gasteiger partial charge in [-0.15, -0.1) is 0 Å². The van der Waals surface area contributed by atoms with E-state index in [2.05, 4.69) is 10.2 Å². The fraction of sp³-hybridized carbons (Fsp3) is 0.357. The van der Waals surface area contributed by atoms with Crippen molar-refractivity contribution in [3.8, 4) is 16.9 Å². The number of nitrogens with zero attached hydrogens (tertiary/aromatic N) is 1. The molecule has 1 aromatic heterocycles. The van der Waals surface area contributed by atoms with E-state index < -0.39 is 0 Å². The third-order valence-electron chi connectivity index (χ3n) is 3.15. The lowest BCUT2D eigenvalue weighted by Crippen LogP contribution is -2.16. The standard InChI is InChI=1S/C14H16N2O2/c1-2-14(17-7-1)10-18-13-5-3-11(4-6-13)12-8-15-16-9-12/h3-6,8-9,14H,1-2,7,10H2,(H,15,16). The normalized spacial score (nSPS) is 19.0. The molecule has 2 heterocycles. The third-order valence-corrected chi connectivity index (χ3v) is 3.15. The lowest BCUT2D eigenvalue weighted by molar-refractivity contribution is 0.0679. The van der Waals surface area contributed by atoms with E-state index in [1.165, 1.54) is 0 Å². The molecule has 1 fully saturated rings. The van der Waals surface area contributed by atoms with Crippen LogP contribution in [0.4, 0.5) is 0 Å².